The van der Waals surface area contributed by atoms with E-state index in [1.165, 1.54) is 0 Å². The van der Waals surface area contributed by atoms with E-state index in [1.807, 2.05) is 13.8 Å². The van der Waals surface area contributed by atoms with Gasteiger partial charge in [0.1, 0.15) is 6.10 Å². The van der Waals surface area contributed by atoms with Gasteiger partial charge >= 0.3 is 0 Å². The molecule has 3 unspecified atom stereocenters. The Bertz CT molecular complexity index is 469. The van der Waals surface area contributed by atoms with Crippen LogP contribution in [-0.4, -0.2) is 56.6 Å². The molecule has 0 aromatic heterocycles. The summed E-state index contributed by atoms with van der Waals surface area (Å²) in [4.78, 5) is 0. The van der Waals surface area contributed by atoms with E-state index in [9.17, 15) is 5.11 Å². The standard InChI is InChI=1S/C22H40O5/c1-8-18(3)19-13-26-22(7,27-19)11-10-12-24-15-20(4,5)16-25-17-21(6,9-2)14-23/h8,19,23H,1,3,9-17H2,2,4-7H3. The van der Waals surface area contributed by atoms with Crippen molar-refractivity contribution in [1.82, 2.24) is 0 Å². The summed E-state index contributed by atoms with van der Waals surface area (Å²) < 4.78 is 23.5. The van der Waals surface area contributed by atoms with E-state index < -0.39 is 5.79 Å². The normalized spacial score (nSPS) is 25.3. The average molecular weight is 385 g/mol. The van der Waals surface area contributed by atoms with Crippen molar-refractivity contribution >= 4 is 0 Å². The largest absolute Gasteiger partial charge is 0.396 e. The molecule has 5 heteroatoms. The first-order chi connectivity index (χ1) is 12.6. The van der Waals surface area contributed by atoms with Gasteiger partial charge in [0, 0.05) is 23.9 Å². The smallest absolute Gasteiger partial charge is 0.166 e. The molecule has 1 N–H and O–H groups in total. The molecule has 5 nitrogen and oxygen atoms in total. The predicted molar refractivity (Wildman–Crippen MR) is 109 cm³/mol. The minimum atomic E-state index is -0.576. The highest BCUT2D eigenvalue weighted by Gasteiger charge is 2.37. The fraction of sp³-hybridized carbons (Fsp3) is 0.818. The highest BCUT2D eigenvalue weighted by molar-refractivity contribution is 5.17. The van der Waals surface area contributed by atoms with Crippen molar-refractivity contribution in [3.8, 4) is 0 Å². The maximum atomic E-state index is 9.45. The van der Waals surface area contributed by atoms with E-state index in [-0.39, 0.29) is 23.5 Å². The molecule has 27 heavy (non-hydrogen) atoms. The Kier molecular flexibility index (Phi) is 9.66. The van der Waals surface area contributed by atoms with E-state index in [0.29, 0.717) is 33.0 Å². The maximum absolute atomic E-state index is 9.45. The summed E-state index contributed by atoms with van der Waals surface area (Å²) in [6.07, 6.45) is 4.15. The van der Waals surface area contributed by atoms with E-state index in [1.54, 1.807) is 6.08 Å². The molecule has 0 amide bonds. The molecule has 0 saturated carbocycles. The third-order valence-electron chi connectivity index (χ3n) is 5.20. The van der Waals surface area contributed by atoms with Crippen LogP contribution in [0.25, 0.3) is 0 Å². The Balaban J connectivity index is 2.21. The molecule has 1 heterocycles. The molecular formula is C22H40O5. The molecular weight excluding hydrogens is 344 g/mol. The summed E-state index contributed by atoms with van der Waals surface area (Å²) in [7, 11) is 0. The third kappa shape index (κ3) is 8.44. The molecule has 0 aromatic rings. The van der Waals surface area contributed by atoms with Gasteiger partial charge < -0.3 is 24.1 Å². The average Bonchev–Trinajstić information content (AvgIpc) is 3.02. The number of ether oxygens (including phenoxy) is 4. The van der Waals surface area contributed by atoms with Gasteiger partial charge in [-0.05, 0) is 25.3 Å². The Morgan fingerprint density at radius 2 is 1.93 bits per heavy atom. The molecule has 1 rings (SSSR count). The van der Waals surface area contributed by atoms with Gasteiger partial charge in [-0.25, -0.2) is 0 Å². The summed E-state index contributed by atoms with van der Waals surface area (Å²) in [6.45, 7) is 21.1. The lowest BCUT2D eigenvalue weighted by molar-refractivity contribution is -0.157. The second-order valence-electron chi connectivity index (χ2n) is 8.97. The topological polar surface area (TPSA) is 57.2 Å². The summed E-state index contributed by atoms with van der Waals surface area (Å²) in [5.41, 5.74) is 0.626. The molecule has 1 fully saturated rings. The predicted octanol–water partition coefficient (Wildman–Crippen LogP) is 4.11. The molecule has 158 valence electrons. The van der Waals surface area contributed by atoms with Crippen molar-refractivity contribution in [3.63, 3.8) is 0 Å². The van der Waals surface area contributed by atoms with Gasteiger partial charge in [0.2, 0.25) is 0 Å². The number of hydrogen-bond acceptors (Lipinski definition) is 5. The fourth-order valence-electron chi connectivity index (χ4n) is 2.78. The number of hydrogen-bond donors (Lipinski definition) is 1. The Labute approximate surface area is 165 Å². The van der Waals surface area contributed by atoms with E-state index in [2.05, 4.69) is 33.9 Å². The Morgan fingerprint density at radius 3 is 2.52 bits per heavy atom. The number of aliphatic hydroxyl groups is 1. The summed E-state index contributed by atoms with van der Waals surface area (Å²) in [5.74, 6) is -0.576. The van der Waals surface area contributed by atoms with Crippen LogP contribution in [0.2, 0.25) is 0 Å². The molecule has 1 aliphatic heterocycles. The van der Waals surface area contributed by atoms with Gasteiger partial charge in [-0.2, -0.15) is 0 Å². The van der Waals surface area contributed by atoms with Gasteiger partial charge in [-0.3, -0.25) is 0 Å². The van der Waals surface area contributed by atoms with Crippen LogP contribution < -0.4 is 0 Å². The van der Waals surface area contributed by atoms with Crippen LogP contribution >= 0.6 is 0 Å². The van der Waals surface area contributed by atoms with Crippen molar-refractivity contribution in [2.24, 2.45) is 10.8 Å². The summed E-state index contributed by atoms with van der Waals surface area (Å²) >= 11 is 0. The number of rotatable bonds is 14. The van der Waals surface area contributed by atoms with Crippen LogP contribution in [0.4, 0.5) is 0 Å². The fourth-order valence-corrected chi connectivity index (χ4v) is 2.78. The molecule has 0 spiro atoms. The zero-order valence-electron chi connectivity index (χ0n) is 18.0. The van der Waals surface area contributed by atoms with Crippen molar-refractivity contribution in [2.75, 3.05) is 39.6 Å². The lowest BCUT2D eigenvalue weighted by Crippen LogP contribution is -2.32. The highest BCUT2D eigenvalue weighted by Crippen LogP contribution is 2.31. The highest BCUT2D eigenvalue weighted by atomic mass is 16.7. The molecule has 1 aliphatic rings. The molecule has 0 bridgehead atoms. The Morgan fingerprint density at radius 1 is 1.26 bits per heavy atom. The molecule has 0 aromatic carbocycles. The first-order valence-corrected chi connectivity index (χ1v) is 9.98. The maximum Gasteiger partial charge on any atom is 0.166 e. The summed E-state index contributed by atoms with van der Waals surface area (Å²) in [5, 5.41) is 9.45. The molecule has 1 saturated heterocycles. The van der Waals surface area contributed by atoms with E-state index in [0.717, 1.165) is 24.8 Å². The quantitative estimate of drug-likeness (QED) is 0.361. The zero-order valence-corrected chi connectivity index (χ0v) is 18.0. The first kappa shape index (κ1) is 24.3. The van der Waals surface area contributed by atoms with Gasteiger partial charge in [0.05, 0.1) is 33.0 Å². The molecule has 0 radical (unpaired) electrons. The molecule has 3 atom stereocenters. The van der Waals surface area contributed by atoms with Gasteiger partial charge in [0.25, 0.3) is 0 Å². The third-order valence-corrected chi connectivity index (χ3v) is 5.20. The van der Waals surface area contributed by atoms with Crippen LogP contribution in [-0.2, 0) is 18.9 Å². The van der Waals surface area contributed by atoms with Gasteiger partial charge in [0.15, 0.2) is 5.79 Å². The van der Waals surface area contributed by atoms with Crippen molar-refractivity contribution < 1.29 is 24.1 Å². The second-order valence-corrected chi connectivity index (χ2v) is 8.97. The van der Waals surface area contributed by atoms with Crippen LogP contribution in [0.15, 0.2) is 24.8 Å². The number of aliphatic hydroxyl groups excluding tert-OH is 1. The minimum absolute atomic E-state index is 0.0683. The lowest BCUT2D eigenvalue weighted by atomic mass is 9.89. The zero-order chi connectivity index (χ0) is 20.6. The van der Waals surface area contributed by atoms with Crippen LogP contribution in [0.3, 0.4) is 0 Å². The van der Waals surface area contributed by atoms with Crippen LogP contribution in [0.5, 0.6) is 0 Å². The van der Waals surface area contributed by atoms with Crippen molar-refractivity contribution in [3.05, 3.63) is 24.8 Å². The monoisotopic (exact) mass is 384 g/mol. The minimum Gasteiger partial charge on any atom is -0.396 e. The summed E-state index contributed by atoms with van der Waals surface area (Å²) in [6, 6.07) is 0. The van der Waals surface area contributed by atoms with Crippen molar-refractivity contribution in [1.29, 1.82) is 0 Å². The SMILES string of the molecule is C=CC(=C)C1COC(C)(CCCOCC(C)(C)COCC(C)(CC)CO)O1. The van der Waals surface area contributed by atoms with Crippen molar-refractivity contribution in [2.45, 2.75) is 65.8 Å². The van der Waals surface area contributed by atoms with Crippen LogP contribution in [0, 0.1) is 10.8 Å². The second kappa shape index (κ2) is 10.7. The first-order valence-electron chi connectivity index (χ1n) is 9.98. The van der Waals surface area contributed by atoms with Crippen LogP contribution in [0.1, 0.15) is 53.9 Å². The lowest BCUT2D eigenvalue weighted by Gasteiger charge is -2.29. The van der Waals surface area contributed by atoms with E-state index >= 15 is 0 Å². The van der Waals surface area contributed by atoms with E-state index in [4.69, 9.17) is 18.9 Å². The van der Waals surface area contributed by atoms with Gasteiger partial charge in [-0.15, -0.1) is 0 Å². The Hall–Kier alpha value is -0.720. The van der Waals surface area contributed by atoms with Gasteiger partial charge in [-0.1, -0.05) is 46.9 Å². The molecule has 0 aliphatic carbocycles.